The number of aliphatic carboxylic acids is 1. The van der Waals surface area contributed by atoms with Crippen LogP contribution in [0.15, 0.2) is 88.7 Å². The van der Waals surface area contributed by atoms with Crippen LogP contribution in [0.2, 0.25) is 0 Å². The molecule has 2 aromatic carbocycles. The first-order valence-corrected chi connectivity index (χ1v) is 44.8. The number of rotatable bonds is 21. The van der Waals surface area contributed by atoms with Crippen molar-refractivity contribution in [2.24, 2.45) is 29.4 Å². The van der Waals surface area contributed by atoms with Crippen molar-refractivity contribution in [2.45, 2.75) is 152 Å². The van der Waals surface area contributed by atoms with Gasteiger partial charge in [-0.05, 0) is 136 Å². The molecule has 3 aromatic heterocycles. The second-order valence-electron chi connectivity index (χ2n) is 19.1. The van der Waals surface area contributed by atoms with Crippen LogP contribution in [0.3, 0.4) is 0 Å². The number of carbonyl (C=O) groups is 4. The van der Waals surface area contributed by atoms with E-state index < -0.39 is 18.1 Å². The number of esters is 3. The second kappa shape index (κ2) is 55.9. The summed E-state index contributed by atoms with van der Waals surface area (Å²) in [4.78, 5) is 50.6. The van der Waals surface area contributed by atoms with Gasteiger partial charge in [-0.25, -0.2) is 0 Å². The first-order chi connectivity index (χ1) is 39.1. The van der Waals surface area contributed by atoms with E-state index in [1.807, 2.05) is 122 Å². The van der Waals surface area contributed by atoms with Gasteiger partial charge in [0.15, 0.2) is 0 Å². The number of nitrogens with two attached hydrogens (primary N) is 1. The summed E-state index contributed by atoms with van der Waals surface area (Å²) in [5.41, 5.74) is 7.69. The van der Waals surface area contributed by atoms with Crippen LogP contribution in [0.25, 0.3) is 20.9 Å². The van der Waals surface area contributed by atoms with Gasteiger partial charge in [-0.2, -0.15) is 6.92 Å². The van der Waals surface area contributed by atoms with Crippen molar-refractivity contribution in [1.82, 2.24) is 16.0 Å². The summed E-state index contributed by atoms with van der Waals surface area (Å²) >= 11 is 18.2. The first-order valence-electron chi connectivity index (χ1n) is 26.8. The predicted molar refractivity (Wildman–Crippen MR) is 400 cm³/mol. The van der Waals surface area contributed by atoms with Crippen LogP contribution in [0.5, 0.6) is 11.5 Å². The van der Waals surface area contributed by atoms with Gasteiger partial charge in [-0.3, -0.25) is 35.1 Å². The van der Waals surface area contributed by atoms with Crippen LogP contribution >= 0.6 is 145 Å². The van der Waals surface area contributed by atoms with E-state index >= 15 is 0 Å². The minimum atomic E-state index is -0.804. The Morgan fingerprint density at radius 3 is 1.06 bits per heavy atom. The molecule has 85 heavy (non-hydrogen) atoms. The van der Waals surface area contributed by atoms with Crippen LogP contribution in [0.4, 0.5) is 0 Å². The van der Waals surface area contributed by atoms with E-state index in [4.69, 9.17) is 24.7 Å². The van der Waals surface area contributed by atoms with Crippen LogP contribution < -0.4 is 31.2 Å². The zero-order valence-corrected chi connectivity index (χ0v) is 66.9. The summed E-state index contributed by atoms with van der Waals surface area (Å²) in [6.07, 6.45) is 1.25. The molecule has 0 radical (unpaired) electrons. The Morgan fingerprint density at radius 1 is 0.553 bits per heavy atom. The van der Waals surface area contributed by atoms with E-state index in [0.717, 1.165) is 40.1 Å². The van der Waals surface area contributed by atoms with Gasteiger partial charge >= 0.3 is 88.7 Å². The number of hydrogen-bond donors (Lipinski definition) is 5. The average molecular weight is 1820 g/mol. The third kappa shape index (κ3) is 44.3. The zero-order chi connectivity index (χ0) is 64.4. The van der Waals surface area contributed by atoms with E-state index in [-0.39, 0.29) is 78.4 Å². The molecule has 488 valence electrons. The molecule has 6 N–H and O–H groups in total. The molecule has 24 heteroatoms. The summed E-state index contributed by atoms with van der Waals surface area (Å²) in [6, 6.07) is 26.7. The number of benzene rings is 2. The molecule has 3 heterocycles. The molecular formula is C61H98BrClI4N4O10S3V-. The number of carbonyl (C=O) groups excluding carboxylic acids is 3. The van der Waals surface area contributed by atoms with Crippen molar-refractivity contribution in [3.05, 3.63) is 110 Å². The van der Waals surface area contributed by atoms with Crippen molar-refractivity contribution >= 4 is 169 Å². The van der Waals surface area contributed by atoms with Crippen molar-refractivity contribution < 1.29 is 52.9 Å². The van der Waals surface area contributed by atoms with Crippen LogP contribution in [-0.2, 0) is 57.9 Å². The van der Waals surface area contributed by atoms with Crippen LogP contribution in [-0.4, -0.2) is 92.6 Å². The molecule has 4 atom stereocenters. The van der Waals surface area contributed by atoms with Gasteiger partial charge in [0.1, 0.15) is 35.7 Å². The number of halogens is 6. The van der Waals surface area contributed by atoms with Gasteiger partial charge < -0.3 is 41.4 Å². The maximum atomic E-state index is 11.8. The molecule has 0 aliphatic heterocycles. The Balaban J connectivity index is -0.000000320. The normalized spacial score (nSPS) is 11.5. The number of carboxylic acids is 1. The second-order valence-corrected chi connectivity index (χ2v) is 61.8. The minimum absolute atomic E-state index is 0. The summed E-state index contributed by atoms with van der Waals surface area (Å²) in [6.45, 7) is 31.0. The van der Waals surface area contributed by atoms with E-state index in [1.54, 1.807) is 55.2 Å². The Bertz CT molecular complexity index is 2440. The summed E-state index contributed by atoms with van der Waals surface area (Å²) in [7, 11) is 7.49. The van der Waals surface area contributed by atoms with Gasteiger partial charge in [0, 0.05) is 47.9 Å². The fourth-order valence-electron chi connectivity index (χ4n) is 6.30. The number of thiophene rings is 3. The number of ether oxygens (including phenoxy) is 5. The molecule has 0 spiro atoms. The molecule has 5 aromatic rings. The SMILES string of the molecule is C.CC(C)I.CCC.COC(=O)C(N)C(C)C.COC(=O)C(NCc1ccc(-c2ccc(OC)cc2)s1)C(C)C.COC(=O)C(NCc1ccc(Br)s1)C(C)C.COc1ccc(-c2ccc(CNC(C(=O)O)C(C)C)s2)cc1.Cl.[CH2-]C.[I][V]([I])[I]. The molecule has 0 aliphatic rings. The maximum absolute atomic E-state index is 11.8. The Morgan fingerprint density at radius 2 is 0.835 bits per heavy atom. The molecule has 4 unspecified atom stereocenters. The average Bonchev–Trinajstić information content (AvgIpc) is 4.43. The van der Waals surface area contributed by atoms with Gasteiger partial charge in [-0.1, -0.05) is 120 Å². The third-order valence-corrected chi connectivity index (χ3v) is 14.4. The standard InChI is InChI=1S/C18H23NO3S.C17H21NO3S.C11H16BrNO2S.C6H13NO2.C3H7I.C3H8.C2H5.CH4.ClH.3HI.V/c1-12(2)17(18(20)22-4)19-11-15-9-10-16(23-15)13-5-7-14(21-3)8-6-13;1-11(2)16(17(19)20)18-10-14-8-9-15(22-14)12-4-6-13(21-3)7-5-12;1-7(2)10(11(14)15-3)13-6-8-4-5-9(12)16-8;1-4(2)5(7)6(8)9-3;1-3(2)4;1-3-2;1-2;;;;;;/h5-10,12,17,19H,11H2,1-4H3;4-9,11,16,18H,10H2,1-3H3,(H,19,20);4-5,7,10,13H,6H2,1-3H3;4-5H,7H2,1-3H3;3H,1-2H3;3H2,1-2H3;1H2,2H3;1H4;4*1H;/q;;;;;;-1;;;;;;+3/p-3. The Hall–Kier alpha value is -0.866. The fraction of sp³-hybridized carbons (Fsp3) is 0.525. The van der Waals surface area contributed by atoms with Crippen molar-refractivity contribution in [2.75, 3.05) is 35.5 Å². The van der Waals surface area contributed by atoms with Crippen LogP contribution in [0.1, 0.15) is 118 Å². The van der Waals surface area contributed by atoms with E-state index in [1.165, 1.54) is 42.4 Å². The van der Waals surface area contributed by atoms with Crippen LogP contribution in [0, 0.1) is 30.6 Å². The summed E-state index contributed by atoms with van der Waals surface area (Å²) in [5, 5.41) is 18.8. The van der Waals surface area contributed by atoms with Crippen molar-refractivity contribution in [1.29, 1.82) is 0 Å². The molecular weight excluding hydrogens is 1720 g/mol. The number of carboxylic acid groups (broad SMARTS) is 1. The first kappa shape index (κ1) is 92.9. The van der Waals surface area contributed by atoms with Gasteiger partial charge in [0.2, 0.25) is 0 Å². The molecule has 0 aliphatic carbocycles. The predicted octanol–water partition coefficient (Wildman–Crippen LogP) is 18.1. The van der Waals surface area contributed by atoms with Crippen molar-refractivity contribution in [3.8, 4) is 32.4 Å². The quantitative estimate of drug-likeness (QED) is 0.0153. The third-order valence-electron chi connectivity index (χ3n) is 10.6. The molecule has 0 amide bonds. The number of alkyl halides is 1. The topological polar surface area (TPSA) is 197 Å². The number of methoxy groups -OCH3 is 5. The molecule has 14 nitrogen and oxygen atoms in total. The van der Waals surface area contributed by atoms with Crippen molar-refractivity contribution in [3.63, 3.8) is 0 Å². The zero-order valence-electron chi connectivity index (χ0n) is 52.0. The monoisotopic (exact) mass is 1820 g/mol. The van der Waals surface area contributed by atoms with Gasteiger partial charge in [0.05, 0.1) is 39.3 Å². The number of hydrogen-bond acceptors (Lipinski definition) is 16. The van der Waals surface area contributed by atoms with Gasteiger partial charge in [0.25, 0.3) is 0 Å². The molecule has 0 saturated carbocycles. The van der Waals surface area contributed by atoms with E-state index in [9.17, 15) is 24.3 Å². The summed E-state index contributed by atoms with van der Waals surface area (Å²) in [5.74, 6) is 0.730. The van der Waals surface area contributed by atoms with Gasteiger partial charge in [-0.15, -0.1) is 46.4 Å². The van der Waals surface area contributed by atoms with E-state index in [0.29, 0.717) is 19.6 Å². The fourth-order valence-corrected chi connectivity index (χ4v) is 9.66. The molecule has 0 bridgehead atoms. The number of nitrogens with one attached hydrogen (secondary N) is 3. The Kier molecular flexibility index (Phi) is 61.1. The van der Waals surface area contributed by atoms with E-state index in [2.05, 4.69) is 172 Å². The molecule has 0 fully saturated rings. The Labute approximate surface area is 589 Å². The molecule has 5 rings (SSSR count). The molecule has 0 saturated heterocycles. The summed E-state index contributed by atoms with van der Waals surface area (Å²) < 4.78 is 26.3.